The molecule has 1 fully saturated rings. The van der Waals surface area contributed by atoms with Crippen LogP contribution < -0.4 is 5.32 Å². The van der Waals surface area contributed by atoms with Crippen molar-refractivity contribution in [3.8, 4) is 0 Å². The molecule has 1 aromatic carbocycles. The third kappa shape index (κ3) is 11.5. The molecule has 2 aliphatic rings. The first-order valence-electron chi connectivity index (χ1n) is 17.3. The quantitative estimate of drug-likeness (QED) is 0.0973. The summed E-state index contributed by atoms with van der Waals surface area (Å²) in [6.07, 6.45) is 5.35. The Morgan fingerprint density at radius 2 is 1.92 bits per heavy atom. The number of carbonyl (C=O) groups excluding carboxylic acids is 2. The number of aliphatic hydroxyl groups is 3. The van der Waals surface area contributed by atoms with Crippen molar-refractivity contribution in [2.75, 3.05) is 7.11 Å². The van der Waals surface area contributed by atoms with Gasteiger partial charge >= 0.3 is 11.9 Å². The van der Waals surface area contributed by atoms with Crippen molar-refractivity contribution < 1.29 is 52.6 Å². The number of cyclic esters (lactones) is 1. The first-order chi connectivity index (χ1) is 23.4. The number of nitrogens with one attached hydrogen (secondary N) is 1. The summed E-state index contributed by atoms with van der Waals surface area (Å²) in [5, 5.41) is 36.7. The molecule has 0 saturated carbocycles. The van der Waals surface area contributed by atoms with Crippen molar-refractivity contribution >= 4 is 11.9 Å². The molecule has 0 radical (unpaired) electrons. The van der Waals surface area contributed by atoms with Crippen LogP contribution in [0.1, 0.15) is 79.7 Å². The van der Waals surface area contributed by atoms with Crippen molar-refractivity contribution in [1.29, 1.82) is 0 Å². The number of benzene rings is 1. The fourth-order valence-electron chi connectivity index (χ4n) is 6.55. The zero-order valence-electron chi connectivity index (χ0n) is 30.4. The van der Waals surface area contributed by atoms with Crippen LogP contribution in [0.15, 0.2) is 54.2 Å². The average Bonchev–Trinajstić information content (AvgIpc) is 3.82. The number of halogens is 2. The lowest BCUT2D eigenvalue weighted by molar-refractivity contribution is -0.157. The topological polar surface area (TPSA) is 147 Å². The first kappa shape index (κ1) is 41.4. The Bertz CT molecular complexity index is 1390. The van der Waals surface area contributed by atoms with E-state index in [0.29, 0.717) is 11.1 Å². The largest absolute Gasteiger partial charge is 0.457 e. The predicted octanol–water partition coefficient (Wildman–Crippen LogP) is 4.84. The summed E-state index contributed by atoms with van der Waals surface area (Å²) in [6.45, 7) is 12.1. The van der Waals surface area contributed by atoms with Crippen LogP contribution in [0.2, 0.25) is 0 Å². The lowest BCUT2D eigenvalue weighted by atomic mass is 9.87. The van der Waals surface area contributed by atoms with Gasteiger partial charge < -0.3 is 39.6 Å². The minimum Gasteiger partial charge on any atom is -0.457 e. The molecule has 2 aliphatic heterocycles. The highest BCUT2D eigenvalue weighted by molar-refractivity contribution is 5.70. The Balaban J connectivity index is 1.88. The van der Waals surface area contributed by atoms with E-state index in [-0.39, 0.29) is 43.9 Å². The lowest BCUT2D eigenvalue weighted by Crippen LogP contribution is -2.52. The van der Waals surface area contributed by atoms with E-state index in [4.69, 9.17) is 18.9 Å². The van der Waals surface area contributed by atoms with Crippen LogP contribution in [0.3, 0.4) is 0 Å². The van der Waals surface area contributed by atoms with Gasteiger partial charge in [0.15, 0.2) is 11.6 Å². The van der Waals surface area contributed by atoms with Crippen LogP contribution in [-0.4, -0.2) is 88.2 Å². The molecule has 12 heteroatoms. The molecular formula is C38H55F2NO9. The summed E-state index contributed by atoms with van der Waals surface area (Å²) in [5.41, 5.74) is -1.87. The standard InChI is InChI=1S/C38H55F2NO9/c1-9-30(47-8)24(4)34-35(50-34)36(41-21-26-13-14-28(39)29(40)19-26)38(7,46)17-10-11-22(2)33-23(3)12-15-31(48-25(5)42)37(6,45)18-16-27(43)20-32(44)49-33/h10-15,17,19,23-24,27,30-31,33-36,41,43,45-46H,9,16,18,20-21H2,1-8H3/b15-12+,17-10+,22-11+/t23-,24+,27+,30-,31-,33-,34+,35-,36?,37+,38?/m0/s1. The second-order valence-electron chi connectivity index (χ2n) is 14.1. The normalized spacial score (nSPS) is 31.8. The van der Waals surface area contributed by atoms with Crippen LogP contribution in [0.5, 0.6) is 0 Å². The molecule has 1 aromatic rings. The number of methoxy groups -OCH3 is 1. The van der Waals surface area contributed by atoms with Gasteiger partial charge in [0.05, 0.1) is 36.4 Å². The molecule has 1 saturated heterocycles. The number of hydrogen-bond acceptors (Lipinski definition) is 10. The summed E-state index contributed by atoms with van der Waals surface area (Å²) < 4.78 is 50.4. The van der Waals surface area contributed by atoms with Crippen LogP contribution in [-0.2, 0) is 35.1 Å². The van der Waals surface area contributed by atoms with Gasteiger partial charge in [-0.15, -0.1) is 0 Å². The van der Waals surface area contributed by atoms with Crippen molar-refractivity contribution in [3.63, 3.8) is 0 Å². The van der Waals surface area contributed by atoms with Crippen molar-refractivity contribution in [2.45, 2.75) is 135 Å². The minimum atomic E-state index is -1.50. The smallest absolute Gasteiger partial charge is 0.309 e. The van der Waals surface area contributed by atoms with Crippen molar-refractivity contribution in [2.24, 2.45) is 11.8 Å². The fourth-order valence-corrected chi connectivity index (χ4v) is 6.55. The van der Waals surface area contributed by atoms with Gasteiger partial charge in [-0.2, -0.15) is 0 Å². The lowest BCUT2D eigenvalue weighted by Gasteiger charge is -2.32. The Kier molecular flexibility index (Phi) is 14.9. The number of allylic oxidation sites excluding steroid dienone is 2. The third-order valence-corrected chi connectivity index (χ3v) is 9.70. The van der Waals surface area contributed by atoms with Gasteiger partial charge in [-0.25, -0.2) is 8.78 Å². The van der Waals surface area contributed by atoms with E-state index >= 15 is 0 Å². The van der Waals surface area contributed by atoms with E-state index in [2.05, 4.69) is 5.32 Å². The van der Waals surface area contributed by atoms with E-state index in [0.717, 1.165) is 18.6 Å². The Labute approximate surface area is 294 Å². The SMILES string of the molecule is CC[C@H](OC)[C@@H](C)[C@H]1O[C@@H]1C(NCc1ccc(F)c(F)c1)C(C)(O)/C=C/C=C(\C)[C@@H]1OC(=O)C[C@H](O)CC[C@@](C)(O)[C@@H](OC(C)=O)/C=C/[C@@H]1C. The molecule has 0 spiro atoms. The zero-order chi connectivity index (χ0) is 37.4. The number of epoxide rings is 1. The number of esters is 2. The maximum absolute atomic E-state index is 14.0. The number of hydrogen-bond donors (Lipinski definition) is 4. The monoisotopic (exact) mass is 707 g/mol. The molecule has 2 heterocycles. The molecule has 3 rings (SSSR count). The Hall–Kier alpha value is -3.00. The first-order valence-corrected chi connectivity index (χ1v) is 17.3. The summed E-state index contributed by atoms with van der Waals surface area (Å²) in [7, 11) is 1.65. The molecule has 2 unspecified atom stereocenters. The van der Waals surface area contributed by atoms with Gasteiger partial charge in [-0.1, -0.05) is 51.1 Å². The van der Waals surface area contributed by atoms with E-state index in [1.165, 1.54) is 19.9 Å². The highest BCUT2D eigenvalue weighted by Crippen LogP contribution is 2.39. The molecule has 0 amide bonds. The summed E-state index contributed by atoms with van der Waals surface area (Å²) in [6, 6.07) is 2.98. The van der Waals surface area contributed by atoms with Gasteiger partial charge in [0, 0.05) is 32.4 Å². The highest BCUT2D eigenvalue weighted by atomic mass is 19.2. The Morgan fingerprint density at radius 1 is 1.22 bits per heavy atom. The van der Waals surface area contributed by atoms with Crippen molar-refractivity contribution in [3.05, 3.63) is 71.4 Å². The van der Waals surface area contributed by atoms with E-state index < -0.39 is 71.2 Å². The van der Waals surface area contributed by atoms with Gasteiger partial charge in [-0.05, 0) is 69.4 Å². The molecule has 4 N–H and O–H groups in total. The summed E-state index contributed by atoms with van der Waals surface area (Å²) in [4.78, 5) is 24.7. The molecule has 0 bridgehead atoms. The molecule has 0 aromatic heterocycles. The van der Waals surface area contributed by atoms with Crippen LogP contribution in [0.4, 0.5) is 8.78 Å². The maximum atomic E-state index is 14.0. The second-order valence-corrected chi connectivity index (χ2v) is 14.1. The van der Waals surface area contributed by atoms with Crippen LogP contribution >= 0.6 is 0 Å². The van der Waals surface area contributed by atoms with E-state index in [9.17, 15) is 33.7 Å². The molecule has 50 heavy (non-hydrogen) atoms. The molecule has 0 aliphatic carbocycles. The minimum absolute atomic E-state index is 0.0254. The Morgan fingerprint density at radius 3 is 2.54 bits per heavy atom. The maximum Gasteiger partial charge on any atom is 0.309 e. The van der Waals surface area contributed by atoms with Gasteiger partial charge in [-0.3, -0.25) is 9.59 Å². The summed E-state index contributed by atoms with van der Waals surface area (Å²) in [5.74, 6) is -3.51. The van der Waals surface area contributed by atoms with Crippen LogP contribution in [0.25, 0.3) is 0 Å². The second kappa shape index (κ2) is 18.0. The fraction of sp³-hybridized carbons (Fsp3) is 0.632. The molecular weight excluding hydrogens is 652 g/mol. The average molecular weight is 708 g/mol. The van der Waals surface area contributed by atoms with E-state index in [1.807, 2.05) is 13.8 Å². The number of ether oxygens (including phenoxy) is 4. The number of rotatable bonds is 13. The third-order valence-electron chi connectivity index (χ3n) is 9.70. The zero-order valence-corrected chi connectivity index (χ0v) is 30.4. The van der Waals surface area contributed by atoms with Crippen LogP contribution in [0, 0.1) is 23.5 Å². The molecule has 280 valence electrons. The predicted molar refractivity (Wildman–Crippen MR) is 184 cm³/mol. The van der Waals surface area contributed by atoms with Crippen molar-refractivity contribution in [1.82, 2.24) is 5.32 Å². The van der Waals surface area contributed by atoms with Gasteiger partial charge in [0.2, 0.25) is 0 Å². The highest BCUT2D eigenvalue weighted by Gasteiger charge is 2.54. The number of aliphatic hydroxyl groups excluding tert-OH is 1. The molecule has 11 atom stereocenters. The van der Waals surface area contributed by atoms with E-state index in [1.54, 1.807) is 58.3 Å². The van der Waals surface area contributed by atoms with Gasteiger partial charge in [0.1, 0.15) is 23.9 Å². The number of carbonyl (C=O) groups is 2. The molecule has 10 nitrogen and oxygen atoms in total. The summed E-state index contributed by atoms with van der Waals surface area (Å²) >= 11 is 0. The van der Waals surface area contributed by atoms with Gasteiger partial charge in [0.25, 0.3) is 0 Å².